The van der Waals surface area contributed by atoms with Crippen LogP contribution in [-0.2, 0) is 11.3 Å². The van der Waals surface area contributed by atoms with Gasteiger partial charge in [0.2, 0.25) is 5.91 Å². The number of carbonyl (C=O) groups excluding carboxylic acids is 1. The molecule has 23 heavy (non-hydrogen) atoms. The van der Waals surface area contributed by atoms with E-state index >= 15 is 0 Å². The lowest BCUT2D eigenvalue weighted by atomic mass is 9.94. The Balaban J connectivity index is 1.48. The molecule has 3 heterocycles. The quantitative estimate of drug-likeness (QED) is 0.879. The molecular formula is C17H23N5O. The van der Waals surface area contributed by atoms with Crippen molar-refractivity contribution in [3.63, 3.8) is 0 Å². The fourth-order valence-electron chi connectivity index (χ4n) is 3.05. The molecule has 2 aromatic rings. The van der Waals surface area contributed by atoms with E-state index in [4.69, 9.17) is 0 Å². The summed E-state index contributed by atoms with van der Waals surface area (Å²) in [7, 11) is 0. The predicted molar refractivity (Wildman–Crippen MR) is 87.8 cm³/mol. The Kier molecular flexibility index (Phi) is 5.02. The molecule has 0 unspecified atom stereocenters. The lowest BCUT2D eigenvalue weighted by Crippen LogP contribution is -2.41. The number of amides is 1. The average Bonchev–Trinajstić information content (AvgIpc) is 3.01. The molecule has 1 fully saturated rings. The first-order chi connectivity index (χ1) is 11.2. The van der Waals surface area contributed by atoms with Gasteiger partial charge in [0.1, 0.15) is 0 Å². The molecule has 3 rings (SSSR count). The van der Waals surface area contributed by atoms with Gasteiger partial charge in [-0.2, -0.15) is 5.10 Å². The Morgan fingerprint density at radius 3 is 3.17 bits per heavy atom. The summed E-state index contributed by atoms with van der Waals surface area (Å²) in [6.07, 6.45) is 5.75. The molecule has 1 aliphatic rings. The van der Waals surface area contributed by atoms with Crippen LogP contribution in [0.5, 0.6) is 0 Å². The van der Waals surface area contributed by atoms with E-state index in [0.717, 1.165) is 42.9 Å². The van der Waals surface area contributed by atoms with E-state index in [2.05, 4.69) is 31.5 Å². The van der Waals surface area contributed by atoms with Crippen molar-refractivity contribution in [3.8, 4) is 0 Å². The predicted octanol–water partition coefficient (Wildman–Crippen LogP) is 1.61. The monoisotopic (exact) mass is 313 g/mol. The fraction of sp³-hybridized carbons (Fsp3) is 0.471. The van der Waals surface area contributed by atoms with Crippen LogP contribution < -0.4 is 5.32 Å². The van der Waals surface area contributed by atoms with Crippen LogP contribution in [0.15, 0.2) is 30.6 Å². The Morgan fingerprint density at radius 1 is 1.52 bits per heavy atom. The lowest BCUT2D eigenvalue weighted by molar-refractivity contribution is -0.122. The first-order valence-corrected chi connectivity index (χ1v) is 8.10. The largest absolute Gasteiger partial charge is 0.351 e. The van der Waals surface area contributed by atoms with Crippen molar-refractivity contribution in [1.82, 2.24) is 25.4 Å². The zero-order valence-electron chi connectivity index (χ0n) is 13.5. The van der Waals surface area contributed by atoms with Crippen LogP contribution in [0.2, 0.25) is 0 Å². The highest BCUT2D eigenvalue weighted by Gasteiger charge is 2.24. The van der Waals surface area contributed by atoms with Crippen molar-refractivity contribution in [1.29, 1.82) is 0 Å². The van der Waals surface area contributed by atoms with Crippen LogP contribution >= 0.6 is 0 Å². The average molecular weight is 313 g/mol. The number of aromatic nitrogens is 3. The Morgan fingerprint density at radius 2 is 2.43 bits per heavy atom. The van der Waals surface area contributed by atoms with Gasteiger partial charge in [-0.1, -0.05) is 6.07 Å². The van der Waals surface area contributed by atoms with E-state index in [1.807, 2.05) is 19.1 Å². The van der Waals surface area contributed by atoms with Gasteiger partial charge in [-0.25, -0.2) is 0 Å². The zero-order valence-corrected chi connectivity index (χ0v) is 13.5. The summed E-state index contributed by atoms with van der Waals surface area (Å²) in [5.41, 5.74) is 3.22. The van der Waals surface area contributed by atoms with Crippen LogP contribution in [0.25, 0.3) is 0 Å². The van der Waals surface area contributed by atoms with Crippen molar-refractivity contribution in [2.75, 3.05) is 19.6 Å². The summed E-state index contributed by atoms with van der Waals surface area (Å²) < 4.78 is 0. The molecule has 0 aromatic carbocycles. The van der Waals surface area contributed by atoms with Crippen LogP contribution in [0.3, 0.4) is 0 Å². The minimum Gasteiger partial charge on any atom is -0.351 e. The summed E-state index contributed by atoms with van der Waals surface area (Å²) in [5, 5.41) is 10.3. The third kappa shape index (κ3) is 4.39. The van der Waals surface area contributed by atoms with Crippen LogP contribution in [-0.4, -0.2) is 45.6 Å². The summed E-state index contributed by atoms with van der Waals surface area (Å²) in [6.45, 7) is 4.86. The summed E-state index contributed by atoms with van der Waals surface area (Å²) >= 11 is 0. The molecule has 0 spiro atoms. The SMILES string of the molecule is Cc1cc([C@H]2CCCN(CC(=O)NCc3cccnc3)C2)n[nH]1. The van der Waals surface area contributed by atoms with Gasteiger partial charge in [0.15, 0.2) is 0 Å². The second-order valence-electron chi connectivity index (χ2n) is 6.19. The van der Waals surface area contributed by atoms with Gasteiger partial charge in [0.25, 0.3) is 0 Å². The number of likely N-dealkylation sites (tertiary alicyclic amines) is 1. The van der Waals surface area contributed by atoms with E-state index < -0.39 is 0 Å². The van der Waals surface area contributed by atoms with Gasteiger partial charge in [-0.15, -0.1) is 0 Å². The standard InChI is InChI=1S/C17H23N5O/c1-13-8-16(21-20-13)15-5-3-7-22(11-15)12-17(23)19-10-14-4-2-6-18-9-14/h2,4,6,8-9,15H,3,5,7,10-12H2,1H3,(H,19,23)(H,20,21)/t15-/m0/s1. The van der Waals surface area contributed by atoms with E-state index in [1.54, 1.807) is 12.4 Å². The van der Waals surface area contributed by atoms with Gasteiger partial charge < -0.3 is 5.32 Å². The third-order valence-corrected chi connectivity index (χ3v) is 4.23. The van der Waals surface area contributed by atoms with E-state index in [9.17, 15) is 4.79 Å². The van der Waals surface area contributed by atoms with E-state index in [1.165, 1.54) is 0 Å². The van der Waals surface area contributed by atoms with E-state index in [0.29, 0.717) is 19.0 Å². The van der Waals surface area contributed by atoms with Gasteiger partial charge >= 0.3 is 0 Å². The molecular weight excluding hydrogens is 290 g/mol. The van der Waals surface area contributed by atoms with Crippen molar-refractivity contribution in [2.45, 2.75) is 32.2 Å². The molecule has 6 heteroatoms. The Hall–Kier alpha value is -2.21. The maximum absolute atomic E-state index is 12.1. The Labute approximate surface area is 136 Å². The first-order valence-electron chi connectivity index (χ1n) is 8.10. The molecule has 1 aliphatic heterocycles. The molecule has 1 saturated heterocycles. The highest BCUT2D eigenvalue weighted by Crippen LogP contribution is 2.25. The molecule has 2 aromatic heterocycles. The normalized spacial score (nSPS) is 18.7. The molecule has 0 saturated carbocycles. The van der Waals surface area contributed by atoms with Gasteiger partial charge in [-0.05, 0) is 44.0 Å². The number of H-pyrrole nitrogens is 1. The minimum absolute atomic E-state index is 0.0627. The Bertz CT molecular complexity index is 639. The van der Waals surface area contributed by atoms with Gasteiger partial charge in [-0.3, -0.25) is 19.8 Å². The van der Waals surface area contributed by atoms with E-state index in [-0.39, 0.29) is 5.91 Å². The highest BCUT2D eigenvalue weighted by atomic mass is 16.2. The molecule has 1 atom stereocenters. The number of nitrogens with zero attached hydrogens (tertiary/aromatic N) is 3. The molecule has 0 aliphatic carbocycles. The number of piperidine rings is 1. The third-order valence-electron chi connectivity index (χ3n) is 4.23. The number of rotatable bonds is 5. The van der Waals surface area contributed by atoms with Crippen LogP contribution in [0.4, 0.5) is 0 Å². The number of pyridine rings is 1. The molecule has 1 amide bonds. The molecule has 122 valence electrons. The summed E-state index contributed by atoms with van der Waals surface area (Å²) in [4.78, 5) is 18.4. The van der Waals surface area contributed by atoms with Crippen molar-refractivity contribution in [3.05, 3.63) is 47.5 Å². The van der Waals surface area contributed by atoms with Crippen molar-refractivity contribution < 1.29 is 4.79 Å². The number of nitrogens with one attached hydrogen (secondary N) is 2. The second-order valence-corrected chi connectivity index (χ2v) is 6.19. The van der Waals surface area contributed by atoms with Crippen molar-refractivity contribution >= 4 is 5.91 Å². The molecule has 6 nitrogen and oxygen atoms in total. The molecule has 0 radical (unpaired) electrons. The zero-order chi connectivity index (χ0) is 16.1. The first kappa shape index (κ1) is 15.7. The topological polar surface area (TPSA) is 73.9 Å². The van der Waals surface area contributed by atoms with Crippen LogP contribution in [0, 0.1) is 6.92 Å². The number of hydrogen-bond donors (Lipinski definition) is 2. The maximum Gasteiger partial charge on any atom is 0.234 e. The second kappa shape index (κ2) is 7.37. The number of carbonyl (C=O) groups is 1. The minimum atomic E-state index is 0.0627. The number of hydrogen-bond acceptors (Lipinski definition) is 4. The molecule has 2 N–H and O–H groups in total. The summed E-state index contributed by atoms with van der Waals surface area (Å²) in [6, 6.07) is 5.95. The van der Waals surface area contributed by atoms with Crippen LogP contribution in [0.1, 0.15) is 35.7 Å². The highest BCUT2D eigenvalue weighted by molar-refractivity contribution is 5.78. The number of aryl methyl sites for hydroxylation is 1. The smallest absolute Gasteiger partial charge is 0.234 e. The number of aromatic amines is 1. The molecule has 0 bridgehead atoms. The summed E-state index contributed by atoms with van der Waals surface area (Å²) in [5.74, 6) is 0.479. The van der Waals surface area contributed by atoms with Gasteiger partial charge in [0.05, 0.1) is 12.2 Å². The van der Waals surface area contributed by atoms with Crippen molar-refractivity contribution in [2.24, 2.45) is 0 Å². The van der Waals surface area contributed by atoms with Gasteiger partial charge in [0, 0.05) is 37.1 Å². The maximum atomic E-state index is 12.1. The lowest BCUT2D eigenvalue weighted by Gasteiger charge is -2.31. The fourth-order valence-corrected chi connectivity index (χ4v) is 3.05.